The third-order valence-corrected chi connectivity index (χ3v) is 9.44. The summed E-state index contributed by atoms with van der Waals surface area (Å²) in [5.41, 5.74) is 6.92. The van der Waals surface area contributed by atoms with Crippen molar-refractivity contribution in [3.05, 3.63) is 52.9 Å². The van der Waals surface area contributed by atoms with E-state index in [1.54, 1.807) is 37.6 Å². The lowest BCUT2D eigenvalue weighted by Gasteiger charge is -2.37. The number of rotatable bonds is 10. The van der Waals surface area contributed by atoms with Crippen molar-refractivity contribution >= 4 is 73.4 Å². The van der Waals surface area contributed by atoms with E-state index in [1.807, 2.05) is 31.3 Å². The molecule has 0 spiro atoms. The predicted octanol–water partition coefficient (Wildman–Crippen LogP) is 6.51. The second-order valence-corrected chi connectivity index (χ2v) is 12.6. The van der Waals surface area contributed by atoms with Crippen LogP contribution in [0.15, 0.2) is 47.3 Å². The average Bonchev–Trinajstić information content (AvgIpc) is 3.04. The average molecular weight is 667 g/mol. The van der Waals surface area contributed by atoms with Gasteiger partial charge in [-0.3, -0.25) is 9.97 Å². The van der Waals surface area contributed by atoms with Crippen molar-refractivity contribution in [2.24, 2.45) is 0 Å². The fraction of sp³-hybridized carbons (Fsp3) is 0.419. The van der Waals surface area contributed by atoms with Gasteiger partial charge in [0.15, 0.2) is 5.82 Å². The Morgan fingerprint density at radius 2 is 1.81 bits per heavy atom. The van der Waals surface area contributed by atoms with Crippen molar-refractivity contribution in [3.63, 3.8) is 0 Å². The molecular weight excluding hydrogens is 626 g/mol. The van der Waals surface area contributed by atoms with Crippen LogP contribution in [0, 0.1) is 0 Å². The van der Waals surface area contributed by atoms with E-state index < -0.39 is 0 Å². The van der Waals surface area contributed by atoms with Gasteiger partial charge in [-0.1, -0.05) is 18.9 Å². The van der Waals surface area contributed by atoms with Crippen molar-refractivity contribution in [2.75, 3.05) is 74.1 Å². The van der Waals surface area contributed by atoms with Crippen molar-refractivity contribution in [1.82, 2.24) is 24.8 Å². The first-order chi connectivity index (χ1) is 20.7. The Morgan fingerprint density at radius 1 is 1.07 bits per heavy atom. The number of anilines is 6. The Balaban J connectivity index is 1.47. The van der Waals surface area contributed by atoms with Crippen molar-refractivity contribution in [2.45, 2.75) is 32.2 Å². The van der Waals surface area contributed by atoms with Gasteiger partial charge in [-0.2, -0.15) is 4.98 Å². The molecule has 1 aliphatic heterocycles. The van der Waals surface area contributed by atoms with Crippen molar-refractivity contribution in [1.29, 1.82) is 0 Å². The van der Waals surface area contributed by atoms with Crippen molar-refractivity contribution < 1.29 is 4.74 Å². The zero-order chi connectivity index (χ0) is 30.7. The number of nitrogens with one attached hydrogen (secondary N) is 1. The molecule has 2 aromatic heterocycles. The third-order valence-electron chi connectivity index (χ3n) is 8.15. The monoisotopic (exact) mass is 665 g/mol. The molecule has 0 atom stereocenters. The van der Waals surface area contributed by atoms with E-state index in [0.29, 0.717) is 17.8 Å². The molecule has 228 valence electrons. The summed E-state index contributed by atoms with van der Waals surface area (Å²) in [6, 6.07) is 9.00. The van der Waals surface area contributed by atoms with Crippen LogP contribution in [0.5, 0.6) is 5.75 Å². The molecule has 1 aliphatic rings. The van der Waals surface area contributed by atoms with Gasteiger partial charge in [-0.15, -0.1) is 0 Å². The summed E-state index contributed by atoms with van der Waals surface area (Å²) in [6.45, 7) is 4.26. The smallest absolute Gasteiger partial charge is 0.229 e. The molecule has 0 aliphatic carbocycles. The van der Waals surface area contributed by atoms with E-state index in [1.165, 1.54) is 11.3 Å². The van der Waals surface area contributed by atoms with E-state index in [0.717, 1.165) is 70.7 Å². The van der Waals surface area contributed by atoms with Gasteiger partial charge >= 0.3 is 0 Å². The highest BCUT2D eigenvalue weighted by Gasteiger charge is 2.24. The minimum Gasteiger partial charge on any atom is -0.494 e. The summed E-state index contributed by atoms with van der Waals surface area (Å²) in [5, 5.41) is 3.45. The van der Waals surface area contributed by atoms with Gasteiger partial charge in [-0.25, -0.2) is 4.98 Å². The number of methoxy groups -OCH3 is 1. The minimum absolute atomic E-state index is 0.477. The number of aromatic nitrogens is 4. The zero-order valence-corrected chi connectivity index (χ0v) is 28.3. The summed E-state index contributed by atoms with van der Waals surface area (Å²) in [7, 11) is 10.1. The molecule has 1 saturated heterocycles. The summed E-state index contributed by atoms with van der Waals surface area (Å²) in [5.74, 6) is 1.96. The maximum Gasteiger partial charge on any atom is 0.229 e. The fourth-order valence-corrected chi connectivity index (χ4v) is 6.47. The molecule has 0 amide bonds. The topological polar surface area (TPSA) is 85.8 Å². The van der Waals surface area contributed by atoms with Crippen LogP contribution in [0.3, 0.4) is 0 Å². The largest absolute Gasteiger partial charge is 0.494 e. The molecule has 3 heterocycles. The maximum absolute atomic E-state index is 5.88. The fourth-order valence-electron chi connectivity index (χ4n) is 5.65. The highest BCUT2D eigenvalue weighted by molar-refractivity contribution is 9.10. The van der Waals surface area contributed by atoms with Crippen LogP contribution in [0.1, 0.15) is 25.3 Å². The molecule has 1 fully saturated rings. The number of ether oxygens (including phenoxy) is 1. The van der Waals surface area contributed by atoms with Gasteiger partial charge in [0.05, 0.1) is 34.2 Å². The van der Waals surface area contributed by atoms with Crippen LogP contribution < -0.4 is 24.2 Å². The molecule has 10 nitrogen and oxygen atoms in total. The van der Waals surface area contributed by atoms with E-state index in [4.69, 9.17) is 9.72 Å². The van der Waals surface area contributed by atoms with Gasteiger partial charge in [-0.05, 0) is 73.1 Å². The van der Waals surface area contributed by atoms with Gasteiger partial charge in [0.1, 0.15) is 11.3 Å². The Morgan fingerprint density at radius 3 is 2.49 bits per heavy atom. The van der Waals surface area contributed by atoms with Crippen LogP contribution in [-0.2, 0) is 6.42 Å². The number of benzene rings is 2. The quantitative estimate of drug-likeness (QED) is 0.188. The Bertz CT molecular complexity index is 1580. The van der Waals surface area contributed by atoms with E-state index >= 15 is 0 Å². The first-order valence-corrected chi connectivity index (χ1v) is 16.4. The van der Waals surface area contributed by atoms with Gasteiger partial charge in [0.2, 0.25) is 5.95 Å². The second kappa shape index (κ2) is 13.5. The lowest BCUT2D eigenvalue weighted by atomic mass is 10.0. The molecule has 1 N–H and O–H groups in total. The number of aryl methyl sites for hydroxylation is 1. The van der Waals surface area contributed by atoms with Gasteiger partial charge in [0, 0.05) is 69.8 Å². The molecule has 0 radical (unpaired) electrons. The molecule has 12 heteroatoms. The number of nitrogens with zero attached hydrogens (tertiary/aromatic N) is 8. The van der Waals surface area contributed by atoms with Gasteiger partial charge < -0.3 is 29.1 Å². The molecule has 0 unspecified atom stereocenters. The number of fused-ring (bicyclic) bond motifs is 1. The highest BCUT2D eigenvalue weighted by Crippen LogP contribution is 2.41. The first-order valence-electron chi connectivity index (χ1n) is 14.4. The maximum atomic E-state index is 5.88. The lowest BCUT2D eigenvalue weighted by molar-refractivity contribution is 0.249. The predicted molar refractivity (Wildman–Crippen MR) is 184 cm³/mol. The van der Waals surface area contributed by atoms with Crippen LogP contribution in [0.25, 0.3) is 11.0 Å². The Labute approximate surface area is 267 Å². The number of halogens is 1. The van der Waals surface area contributed by atoms with Gasteiger partial charge in [0.25, 0.3) is 0 Å². The first kappa shape index (κ1) is 31.1. The van der Waals surface area contributed by atoms with Crippen molar-refractivity contribution in [3.8, 4) is 5.75 Å². The van der Waals surface area contributed by atoms with Crippen LogP contribution >= 0.6 is 27.9 Å². The number of piperidine rings is 1. The zero-order valence-electron chi connectivity index (χ0n) is 25.9. The Hall–Kier alpha value is -3.35. The molecule has 2 aromatic carbocycles. The normalized spacial score (nSPS) is 13.9. The molecule has 5 rings (SSSR count). The standard InChI is InChI=1S/C31H40BrN9OS/c1-8-20-17-24(27(42-6)18-26(20)41-15-11-21(12-16-41)38(2)3)36-31-35-19-22(32)30(37-31)39(4)25-10-9-23-28(34-14-13-33-23)29(25)40(5)43-7/h9-10,13-14,17-19,21H,8,11-12,15-16H2,1-7H3,(H,35,36,37). The number of hydrogen-bond donors (Lipinski definition) is 1. The third kappa shape index (κ3) is 6.46. The van der Waals surface area contributed by atoms with Crippen LogP contribution in [0.4, 0.5) is 34.5 Å². The van der Waals surface area contributed by atoms with E-state index in [-0.39, 0.29) is 0 Å². The second-order valence-electron chi connectivity index (χ2n) is 10.8. The summed E-state index contributed by atoms with van der Waals surface area (Å²) >= 11 is 5.30. The lowest BCUT2D eigenvalue weighted by Crippen LogP contribution is -2.42. The van der Waals surface area contributed by atoms with Crippen LogP contribution in [0.2, 0.25) is 0 Å². The van der Waals surface area contributed by atoms with E-state index in [9.17, 15) is 0 Å². The van der Waals surface area contributed by atoms with E-state index in [2.05, 4.69) is 89.5 Å². The highest BCUT2D eigenvalue weighted by atomic mass is 79.9. The SMILES string of the molecule is CCc1cc(Nc2ncc(Br)c(N(C)c3ccc4nccnc4c3N(C)SC)n2)c(OC)cc1N1CCC(N(C)C)CC1. The summed E-state index contributed by atoms with van der Waals surface area (Å²) in [6.07, 6.45) is 10.5. The molecule has 0 saturated carbocycles. The summed E-state index contributed by atoms with van der Waals surface area (Å²) < 4.78 is 8.75. The van der Waals surface area contributed by atoms with Crippen LogP contribution in [-0.4, -0.2) is 85.5 Å². The summed E-state index contributed by atoms with van der Waals surface area (Å²) in [4.78, 5) is 25.6. The Kier molecular flexibility index (Phi) is 9.78. The molecular formula is C31H40BrN9OS. The molecule has 43 heavy (non-hydrogen) atoms. The molecule has 0 bridgehead atoms. The minimum atomic E-state index is 0.477. The number of hydrogen-bond acceptors (Lipinski definition) is 11. The molecule has 4 aromatic rings.